The lowest BCUT2D eigenvalue weighted by atomic mass is 9.80. The summed E-state index contributed by atoms with van der Waals surface area (Å²) >= 11 is 0. The zero-order valence-electron chi connectivity index (χ0n) is 11.8. The number of hydrogen-bond acceptors (Lipinski definition) is 2. The van der Waals surface area contributed by atoms with Crippen LogP contribution in [-0.2, 0) is 18.3 Å². The molecule has 94 valence electrons. The van der Waals surface area contributed by atoms with Crippen LogP contribution in [0.3, 0.4) is 0 Å². The smallest absolute Gasteiger partial charge is 0.0719 e. The van der Waals surface area contributed by atoms with E-state index >= 15 is 0 Å². The lowest BCUT2D eigenvalue weighted by Crippen LogP contribution is -2.23. The van der Waals surface area contributed by atoms with Gasteiger partial charge in [0.2, 0.25) is 0 Å². The maximum absolute atomic E-state index is 4.53. The average molecular weight is 232 g/mol. The van der Waals surface area contributed by atoms with Crippen molar-refractivity contribution in [2.24, 2.45) is 0 Å². The van der Waals surface area contributed by atoms with Gasteiger partial charge in [0.25, 0.3) is 0 Å². The molecule has 1 aromatic rings. The summed E-state index contributed by atoms with van der Waals surface area (Å²) in [5, 5.41) is 9.04. The summed E-state index contributed by atoms with van der Waals surface area (Å²) in [7, 11) is 0. The van der Waals surface area contributed by atoms with Crippen molar-refractivity contribution in [1.82, 2.24) is 10.2 Å². The molecule has 2 nitrogen and oxygen atoms in total. The highest BCUT2D eigenvalue weighted by atomic mass is 15.1. The normalized spacial score (nSPS) is 16.1. The van der Waals surface area contributed by atoms with Crippen molar-refractivity contribution < 1.29 is 0 Å². The molecule has 0 spiro atoms. The van der Waals surface area contributed by atoms with Gasteiger partial charge in [0.1, 0.15) is 0 Å². The number of aromatic nitrogens is 2. The molecule has 1 aromatic heterocycles. The molecule has 17 heavy (non-hydrogen) atoms. The molecule has 2 rings (SSSR count). The summed E-state index contributed by atoms with van der Waals surface area (Å²) in [6.45, 7) is 11.1. The average Bonchev–Trinajstić information content (AvgIpc) is 2.26. The van der Waals surface area contributed by atoms with Crippen molar-refractivity contribution in [3.8, 4) is 0 Å². The lowest BCUT2D eigenvalue weighted by molar-refractivity contribution is 0.526. The minimum atomic E-state index is 0.115. The van der Waals surface area contributed by atoms with Crippen molar-refractivity contribution in [2.45, 2.75) is 71.6 Å². The quantitative estimate of drug-likeness (QED) is 0.736. The fraction of sp³-hybridized carbons (Fsp3) is 0.733. The number of nitrogens with zero attached hydrogens (tertiary/aromatic N) is 2. The highest BCUT2D eigenvalue weighted by Gasteiger charge is 2.26. The molecule has 0 bridgehead atoms. The first-order valence-corrected chi connectivity index (χ1v) is 6.80. The van der Waals surface area contributed by atoms with Gasteiger partial charge in [-0.05, 0) is 42.7 Å². The van der Waals surface area contributed by atoms with Crippen LogP contribution >= 0.6 is 0 Å². The van der Waals surface area contributed by atoms with Crippen LogP contribution in [0.1, 0.15) is 75.9 Å². The molecule has 0 saturated heterocycles. The minimum Gasteiger partial charge on any atom is -0.155 e. The van der Waals surface area contributed by atoms with Gasteiger partial charge < -0.3 is 0 Å². The third kappa shape index (κ3) is 2.36. The summed E-state index contributed by atoms with van der Waals surface area (Å²) in [6.07, 6.45) is 5.00. The van der Waals surface area contributed by atoms with Gasteiger partial charge in [0.15, 0.2) is 0 Å². The minimum absolute atomic E-state index is 0.115. The van der Waals surface area contributed by atoms with E-state index in [9.17, 15) is 0 Å². The zero-order valence-corrected chi connectivity index (χ0v) is 11.8. The van der Waals surface area contributed by atoms with Crippen LogP contribution in [0.2, 0.25) is 0 Å². The lowest BCUT2D eigenvalue weighted by Gasteiger charge is -2.27. The first kappa shape index (κ1) is 12.5. The molecule has 0 fully saturated rings. The van der Waals surface area contributed by atoms with Crippen molar-refractivity contribution in [3.05, 3.63) is 22.5 Å². The summed E-state index contributed by atoms with van der Waals surface area (Å²) in [5.41, 5.74) is 5.57. The second-order valence-corrected chi connectivity index (χ2v) is 6.50. The van der Waals surface area contributed by atoms with Crippen LogP contribution in [-0.4, -0.2) is 10.2 Å². The Hall–Kier alpha value is -0.920. The SMILES string of the molecule is CC(C)c1nnc(C(C)(C)C)c2c1CCCC2. The molecule has 0 radical (unpaired) electrons. The Morgan fingerprint density at radius 2 is 1.53 bits per heavy atom. The molecule has 0 atom stereocenters. The van der Waals surface area contributed by atoms with E-state index < -0.39 is 0 Å². The summed E-state index contributed by atoms with van der Waals surface area (Å²) in [4.78, 5) is 0. The van der Waals surface area contributed by atoms with Crippen LogP contribution < -0.4 is 0 Å². The second-order valence-electron chi connectivity index (χ2n) is 6.50. The van der Waals surface area contributed by atoms with Crippen molar-refractivity contribution in [1.29, 1.82) is 0 Å². The van der Waals surface area contributed by atoms with E-state index in [1.54, 1.807) is 0 Å². The predicted octanol–water partition coefficient (Wildman–Crippen LogP) is 3.78. The number of hydrogen-bond donors (Lipinski definition) is 0. The van der Waals surface area contributed by atoms with Gasteiger partial charge in [-0.3, -0.25) is 0 Å². The van der Waals surface area contributed by atoms with Crippen molar-refractivity contribution >= 4 is 0 Å². The third-order valence-corrected chi connectivity index (χ3v) is 3.58. The molecule has 2 heteroatoms. The Balaban J connectivity index is 2.59. The Morgan fingerprint density at radius 1 is 0.941 bits per heavy atom. The Bertz CT molecular complexity index is 414. The van der Waals surface area contributed by atoms with E-state index in [2.05, 4.69) is 44.8 Å². The zero-order chi connectivity index (χ0) is 12.6. The van der Waals surface area contributed by atoms with Gasteiger partial charge in [-0.25, -0.2) is 0 Å². The van der Waals surface area contributed by atoms with E-state index in [0.29, 0.717) is 5.92 Å². The molecule has 0 aromatic carbocycles. The van der Waals surface area contributed by atoms with E-state index in [4.69, 9.17) is 0 Å². The largest absolute Gasteiger partial charge is 0.155 e. The summed E-state index contributed by atoms with van der Waals surface area (Å²) < 4.78 is 0. The number of fused-ring (bicyclic) bond motifs is 1. The second kappa shape index (κ2) is 4.40. The van der Waals surface area contributed by atoms with E-state index in [-0.39, 0.29) is 5.41 Å². The standard InChI is InChI=1S/C15H24N2/c1-10(2)13-11-8-6-7-9-12(11)14(17-16-13)15(3,4)5/h10H,6-9H2,1-5H3. The first-order valence-electron chi connectivity index (χ1n) is 6.80. The molecular weight excluding hydrogens is 208 g/mol. The van der Waals surface area contributed by atoms with E-state index in [0.717, 1.165) is 0 Å². The molecule has 0 N–H and O–H groups in total. The maximum atomic E-state index is 4.53. The predicted molar refractivity (Wildman–Crippen MR) is 71.5 cm³/mol. The fourth-order valence-corrected chi connectivity index (χ4v) is 2.74. The van der Waals surface area contributed by atoms with Crippen LogP contribution in [0.5, 0.6) is 0 Å². The monoisotopic (exact) mass is 232 g/mol. The Kier molecular flexibility index (Phi) is 3.24. The van der Waals surface area contributed by atoms with Gasteiger partial charge in [-0.15, -0.1) is 0 Å². The van der Waals surface area contributed by atoms with Gasteiger partial charge in [0.05, 0.1) is 11.4 Å². The summed E-state index contributed by atoms with van der Waals surface area (Å²) in [6, 6.07) is 0. The highest BCUT2D eigenvalue weighted by Crippen LogP contribution is 2.33. The summed E-state index contributed by atoms with van der Waals surface area (Å²) in [5.74, 6) is 0.489. The number of rotatable bonds is 1. The van der Waals surface area contributed by atoms with Crippen LogP contribution in [0.25, 0.3) is 0 Å². The highest BCUT2D eigenvalue weighted by molar-refractivity contribution is 5.39. The Labute approximate surface area is 105 Å². The van der Waals surface area contributed by atoms with Gasteiger partial charge in [0, 0.05) is 5.41 Å². The Morgan fingerprint density at radius 3 is 2.06 bits per heavy atom. The van der Waals surface area contributed by atoms with E-state index in [1.165, 1.54) is 48.2 Å². The van der Waals surface area contributed by atoms with E-state index in [1.807, 2.05) is 0 Å². The molecule has 0 aliphatic heterocycles. The third-order valence-electron chi connectivity index (χ3n) is 3.58. The molecule has 1 aliphatic carbocycles. The molecule has 1 heterocycles. The first-order chi connectivity index (χ1) is 7.91. The van der Waals surface area contributed by atoms with Crippen LogP contribution in [0, 0.1) is 0 Å². The molecule has 1 aliphatic rings. The van der Waals surface area contributed by atoms with Gasteiger partial charge in [-0.2, -0.15) is 10.2 Å². The van der Waals surface area contributed by atoms with Gasteiger partial charge >= 0.3 is 0 Å². The molecule has 0 amide bonds. The molecular formula is C15H24N2. The van der Waals surface area contributed by atoms with Crippen LogP contribution in [0.15, 0.2) is 0 Å². The topological polar surface area (TPSA) is 25.8 Å². The van der Waals surface area contributed by atoms with Gasteiger partial charge in [-0.1, -0.05) is 34.6 Å². The maximum Gasteiger partial charge on any atom is 0.0719 e. The van der Waals surface area contributed by atoms with Crippen molar-refractivity contribution in [2.75, 3.05) is 0 Å². The molecule has 0 unspecified atom stereocenters. The van der Waals surface area contributed by atoms with Crippen LogP contribution in [0.4, 0.5) is 0 Å². The molecule has 0 saturated carbocycles. The van der Waals surface area contributed by atoms with Crippen molar-refractivity contribution in [3.63, 3.8) is 0 Å². The fourth-order valence-electron chi connectivity index (χ4n) is 2.74.